The van der Waals surface area contributed by atoms with E-state index in [0.717, 1.165) is 16.8 Å². The van der Waals surface area contributed by atoms with Gasteiger partial charge in [-0.05, 0) is 72.9 Å². The van der Waals surface area contributed by atoms with Crippen molar-refractivity contribution < 1.29 is 33.3 Å². The van der Waals surface area contributed by atoms with Crippen molar-refractivity contribution in [2.75, 3.05) is 6.61 Å². The molecule has 4 rings (SSSR count). The molecule has 0 spiro atoms. The number of halogens is 3. The van der Waals surface area contributed by atoms with Gasteiger partial charge in [-0.1, -0.05) is 48.5 Å². The normalized spacial score (nSPS) is 23.8. The molecule has 1 saturated carbocycles. The molecule has 0 saturated heterocycles. The number of aliphatic hydroxyl groups is 3. The molecule has 3 N–H and O–H groups in total. The van der Waals surface area contributed by atoms with Crippen LogP contribution in [0, 0.1) is 12.8 Å². The Morgan fingerprint density at radius 2 is 1.76 bits per heavy atom. The fourth-order valence-corrected chi connectivity index (χ4v) is 5.84. The molecule has 0 amide bonds. The first-order valence-corrected chi connectivity index (χ1v) is 12.6. The van der Waals surface area contributed by atoms with Gasteiger partial charge in [-0.2, -0.15) is 13.2 Å². The molecule has 0 bridgehead atoms. The maximum Gasteiger partial charge on any atom is 0.417 e. The lowest BCUT2D eigenvalue weighted by atomic mass is 9.56. The van der Waals surface area contributed by atoms with E-state index in [1.807, 2.05) is 43.3 Å². The molecule has 3 aromatic rings. The average Bonchev–Trinajstić information content (AvgIpc) is 2.90. The van der Waals surface area contributed by atoms with Gasteiger partial charge in [0.2, 0.25) is 0 Å². The van der Waals surface area contributed by atoms with Crippen molar-refractivity contribution >= 4 is 5.78 Å². The van der Waals surface area contributed by atoms with Gasteiger partial charge in [0.05, 0.1) is 6.61 Å². The zero-order chi connectivity index (χ0) is 27.6. The topological polar surface area (TPSA) is 90.7 Å². The van der Waals surface area contributed by atoms with Gasteiger partial charge < -0.3 is 15.3 Å². The van der Waals surface area contributed by atoms with Crippen molar-refractivity contribution in [2.24, 2.45) is 5.92 Å². The maximum atomic E-state index is 13.8. The average molecular weight is 528 g/mol. The quantitative estimate of drug-likeness (QED) is 0.364. The van der Waals surface area contributed by atoms with Crippen LogP contribution >= 0.6 is 0 Å². The molecule has 5 nitrogen and oxygen atoms in total. The number of Topliss-reactive ketones (excluding diaryl/α,β-unsaturated/α-hetero) is 1. The fourth-order valence-electron chi connectivity index (χ4n) is 5.84. The van der Waals surface area contributed by atoms with Crippen LogP contribution in [-0.4, -0.2) is 44.5 Å². The van der Waals surface area contributed by atoms with Crippen LogP contribution in [-0.2, 0) is 24.9 Å². The van der Waals surface area contributed by atoms with Crippen molar-refractivity contribution in [1.82, 2.24) is 4.98 Å². The van der Waals surface area contributed by atoms with Crippen LogP contribution < -0.4 is 0 Å². The molecule has 1 heterocycles. The maximum absolute atomic E-state index is 13.8. The van der Waals surface area contributed by atoms with Crippen LogP contribution in [0.15, 0.2) is 66.9 Å². The van der Waals surface area contributed by atoms with Gasteiger partial charge in [0.1, 0.15) is 0 Å². The summed E-state index contributed by atoms with van der Waals surface area (Å²) < 4.78 is 41.4. The van der Waals surface area contributed by atoms with Crippen molar-refractivity contribution in [3.05, 3.63) is 100 Å². The zero-order valence-electron chi connectivity index (χ0n) is 21.2. The second-order valence-corrected chi connectivity index (χ2v) is 10.3. The number of aromatic nitrogens is 1. The number of benzene rings is 2. The highest BCUT2D eigenvalue weighted by atomic mass is 19.4. The largest absolute Gasteiger partial charge is 0.417 e. The van der Waals surface area contributed by atoms with Gasteiger partial charge in [-0.15, -0.1) is 0 Å². The number of pyridine rings is 1. The Morgan fingerprint density at radius 3 is 2.39 bits per heavy atom. The van der Waals surface area contributed by atoms with Crippen LogP contribution in [0.4, 0.5) is 13.2 Å². The molecule has 1 aromatic heterocycles. The molecule has 0 aliphatic heterocycles. The second kappa shape index (κ2) is 11.0. The number of alkyl halides is 3. The van der Waals surface area contributed by atoms with Crippen LogP contribution in [0.3, 0.4) is 0 Å². The summed E-state index contributed by atoms with van der Waals surface area (Å²) >= 11 is 0. The minimum atomic E-state index is -4.83. The first-order chi connectivity index (χ1) is 18.0. The molecule has 8 heteroatoms. The third-order valence-electron chi connectivity index (χ3n) is 8.06. The molecular weight excluding hydrogens is 495 g/mol. The van der Waals surface area contributed by atoms with Gasteiger partial charge in [-0.25, -0.2) is 0 Å². The van der Waals surface area contributed by atoms with Crippen LogP contribution in [0.2, 0.25) is 0 Å². The molecule has 0 radical (unpaired) electrons. The number of hydrogen-bond donors (Lipinski definition) is 3. The van der Waals surface area contributed by atoms with E-state index >= 15 is 0 Å². The van der Waals surface area contributed by atoms with E-state index in [1.54, 1.807) is 30.5 Å². The summed E-state index contributed by atoms with van der Waals surface area (Å²) in [6.45, 7) is 0.816. The monoisotopic (exact) mass is 527 g/mol. The Morgan fingerprint density at radius 1 is 1.03 bits per heavy atom. The summed E-state index contributed by atoms with van der Waals surface area (Å²) in [5.41, 5.74) is -0.131. The summed E-state index contributed by atoms with van der Waals surface area (Å²) in [6.07, 6.45) is -4.01. The van der Waals surface area contributed by atoms with Gasteiger partial charge in [0, 0.05) is 35.9 Å². The van der Waals surface area contributed by atoms with Crippen molar-refractivity contribution in [3.63, 3.8) is 0 Å². The third-order valence-corrected chi connectivity index (χ3v) is 8.06. The molecule has 38 heavy (non-hydrogen) atoms. The van der Waals surface area contributed by atoms with E-state index in [4.69, 9.17) is 0 Å². The van der Waals surface area contributed by atoms with E-state index in [1.165, 1.54) is 0 Å². The summed E-state index contributed by atoms with van der Waals surface area (Å²) in [7, 11) is 0. The van der Waals surface area contributed by atoms with Gasteiger partial charge in [0.15, 0.2) is 11.4 Å². The Hall–Kier alpha value is -3.07. The van der Waals surface area contributed by atoms with Crippen molar-refractivity contribution in [1.29, 1.82) is 0 Å². The van der Waals surface area contributed by atoms with E-state index in [0.29, 0.717) is 23.1 Å². The number of carbonyl (C=O) groups is 1. The van der Waals surface area contributed by atoms with Crippen LogP contribution in [0.1, 0.15) is 57.6 Å². The summed E-state index contributed by atoms with van der Waals surface area (Å²) in [5.74, 6) is -1.11. The van der Waals surface area contributed by atoms with E-state index in [2.05, 4.69) is 4.98 Å². The number of hydrogen-bond acceptors (Lipinski definition) is 5. The molecule has 0 unspecified atom stereocenters. The first-order valence-electron chi connectivity index (χ1n) is 12.6. The minimum Gasteiger partial charge on any atom is -0.396 e. The summed E-state index contributed by atoms with van der Waals surface area (Å²) in [6, 6.07) is 17.7. The van der Waals surface area contributed by atoms with E-state index in [9.17, 15) is 33.3 Å². The summed E-state index contributed by atoms with van der Waals surface area (Å²) in [4.78, 5) is 17.3. The number of aryl methyl sites for hydroxylation is 1. The van der Waals surface area contributed by atoms with Crippen LogP contribution in [0.5, 0.6) is 0 Å². The van der Waals surface area contributed by atoms with Crippen LogP contribution in [0.25, 0.3) is 0 Å². The number of carbonyl (C=O) groups excluding carboxylic acids is 1. The molecule has 1 aliphatic carbocycles. The smallest absolute Gasteiger partial charge is 0.396 e. The highest BCUT2D eigenvalue weighted by Crippen LogP contribution is 2.54. The Kier molecular flexibility index (Phi) is 8.06. The molecule has 1 aliphatic rings. The van der Waals surface area contributed by atoms with Crippen molar-refractivity contribution in [3.8, 4) is 0 Å². The molecule has 2 aromatic carbocycles. The van der Waals surface area contributed by atoms with Gasteiger partial charge >= 0.3 is 6.18 Å². The number of aliphatic hydroxyl groups excluding tert-OH is 2. The van der Waals surface area contributed by atoms with E-state index in [-0.39, 0.29) is 18.6 Å². The van der Waals surface area contributed by atoms with Gasteiger partial charge in [-0.3, -0.25) is 9.78 Å². The number of rotatable bonds is 8. The molecular formula is C30H32F3NO4. The Bertz CT molecular complexity index is 1280. The minimum absolute atomic E-state index is 0.0572. The standard InChI is InChI=1S/C30H32F3NO4/c1-20-22(8-5-13-34-20)15-27(37)23-9-10-26(24(14-23)18-35)28(16-21-6-3-2-4-7-21)11-12-29(38,30(31,32)33)17-25(28)19-36/h2-10,13-14,25,35-36,38H,11-12,15-19H2,1H3/t25-,28-,29+/m0/s1. The SMILES string of the molecule is Cc1ncccc1CC(=O)c1ccc([C@]2(Cc3ccccc3)CC[C@](O)(C(F)(F)F)C[C@H]2CO)c(CO)c1. The fraction of sp³-hybridized carbons (Fsp3) is 0.400. The van der Waals surface area contributed by atoms with Crippen molar-refractivity contribution in [2.45, 2.75) is 62.8 Å². The number of ketones is 1. The molecule has 3 atom stereocenters. The lowest BCUT2D eigenvalue weighted by molar-refractivity contribution is -0.280. The third kappa shape index (κ3) is 5.39. The van der Waals surface area contributed by atoms with Gasteiger partial charge in [0.25, 0.3) is 0 Å². The first kappa shape index (κ1) is 28.0. The predicted molar refractivity (Wildman–Crippen MR) is 137 cm³/mol. The highest BCUT2D eigenvalue weighted by molar-refractivity contribution is 5.97. The Balaban J connectivity index is 1.77. The zero-order valence-corrected chi connectivity index (χ0v) is 21.2. The summed E-state index contributed by atoms with van der Waals surface area (Å²) in [5, 5.41) is 31.2. The lowest BCUT2D eigenvalue weighted by Crippen LogP contribution is -2.56. The highest BCUT2D eigenvalue weighted by Gasteiger charge is 2.60. The predicted octanol–water partition coefficient (Wildman–Crippen LogP) is 4.87. The lowest BCUT2D eigenvalue weighted by Gasteiger charge is -2.50. The van der Waals surface area contributed by atoms with E-state index < -0.39 is 49.2 Å². The molecule has 1 fully saturated rings. The number of nitrogens with zero attached hydrogens (tertiary/aromatic N) is 1. The Labute approximate surface area is 220 Å². The molecule has 202 valence electrons. The second-order valence-electron chi connectivity index (χ2n) is 10.3.